The van der Waals surface area contributed by atoms with Gasteiger partial charge in [-0.15, -0.1) is 0 Å². The van der Waals surface area contributed by atoms with Crippen LogP contribution in [0.1, 0.15) is 24.2 Å². The Morgan fingerprint density at radius 2 is 2.44 bits per heavy atom. The Labute approximate surface area is 101 Å². The fourth-order valence-electron chi connectivity index (χ4n) is 2.01. The van der Waals surface area contributed by atoms with Gasteiger partial charge in [-0.05, 0) is 19.8 Å². The van der Waals surface area contributed by atoms with Gasteiger partial charge < -0.3 is 10.1 Å². The van der Waals surface area contributed by atoms with Crippen molar-refractivity contribution >= 4 is 11.6 Å². The number of rotatable bonds is 3. The van der Waals surface area contributed by atoms with E-state index in [0.717, 1.165) is 42.6 Å². The lowest BCUT2D eigenvalue weighted by Crippen LogP contribution is -2.36. The van der Waals surface area contributed by atoms with Crippen molar-refractivity contribution in [3.8, 4) is 0 Å². The predicted molar refractivity (Wildman–Crippen MR) is 63.6 cm³/mol. The van der Waals surface area contributed by atoms with Crippen LogP contribution < -0.4 is 5.32 Å². The van der Waals surface area contributed by atoms with Gasteiger partial charge >= 0.3 is 0 Å². The zero-order chi connectivity index (χ0) is 11.5. The summed E-state index contributed by atoms with van der Waals surface area (Å²) in [5, 5.41) is 8.52. The fraction of sp³-hybridized carbons (Fsp3) is 0.727. The molecule has 0 aliphatic carbocycles. The monoisotopic (exact) mass is 243 g/mol. The van der Waals surface area contributed by atoms with Gasteiger partial charge in [-0.1, -0.05) is 11.6 Å². The molecule has 5 heteroatoms. The van der Waals surface area contributed by atoms with Crippen LogP contribution in [-0.4, -0.2) is 29.0 Å². The molecule has 0 aromatic carbocycles. The number of aryl methyl sites for hydroxylation is 2. The highest BCUT2D eigenvalue weighted by atomic mass is 35.5. The summed E-state index contributed by atoms with van der Waals surface area (Å²) in [5.41, 5.74) is 1.94. The number of nitrogens with one attached hydrogen (secondary N) is 1. The minimum atomic E-state index is 0.444. The van der Waals surface area contributed by atoms with E-state index in [1.54, 1.807) is 0 Å². The molecule has 0 bridgehead atoms. The predicted octanol–water partition coefficient (Wildman–Crippen LogP) is 1.65. The van der Waals surface area contributed by atoms with Crippen LogP contribution in [0.25, 0.3) is 0 Å². The van der Waals surface area contributed by atoms with Crippen LogP contribution in [0.5, 0.6) is 0 Å². The standard InChI is InChI=1S/C11H18ClN3O/c1-8-11(12)10(15(2)14-8)6-13-9-4-3-5-16-7-9/h9,13H,3-7H2,1-2H3. The Kier molecular flexibility index (Phi) is 3.84. The van der Waals surface area contributed by atoms with Crippen molar-refractivity contribution in [3.05, 3.63) is 16.4 Å². The van der Waals surface area contributed by atoms with Gasteiger partial charge in [-0.2, -0.15) is 5.10 Å². The van der Waals surface area contributed by atoms with Gasteiger partial charge in [0.25, 0.3) is 0 Å². The van der Waals surface area contributed by atoms with Gasteiger partial charge in [0, 0.05) is 26.2 Å². The molecule has 1 aromatic heterocycles. The van der Waals surface area contributed by atoms with E-state index in [1.165, 1.54) is 6.42 Å². The van der Waals surface area contributed by atoms with Crippen molar-refractivity contribution in [3.63, 3.8) is 0 Å². The van der Waals surface area contributed by atoms with E-state index in [4.69, 9.17) is 16.3 Å². The summed E-state index contributed by atoms with van der Waals surface area (Å²) in [5.74, 6) is 0. The minimum absolute atomic E-state index is 0.444. The lowest BCUT2D eigenvalue weighted by atomic mass is 10.1. The maximum absolute atomic E-state index is 6.18. The van der Waals surface area contributed by atoms with Gasteiger partial charge in [0.1, 0.15) is 0 Å². The smallest absolute Gasteiger partial charge is 0.0860 e. The SMILES string of the molecule is Cc1nn(C)c(CNC2CCCOC2)c1Cl. The highest BCUT2D eigenvalue weighted by molar-refractivity contribution is 6.31. The van der Waals surface area contributed by atoms with Crippen molar-refractivity contribution in [1.29, 1.82) is 0 Å². The molecule has 1 fully saturated rings. The van der Waals surface area contributed by atoms with Crippen LogP contribution in [-0.2, 0) is 18.3 Å². The molecule has 1 atom stereocenters. The largest absolute Gasteiger partial charge is 0.380 e. The zero-order valence-electron chi connectivity index (χ0n) is 9.79. The Morgan fingerprint density at radius 3 is 3.00 bits per heavy atom. The minimum Gasteiger partial charge on any atom is -0.380 e. The van der Waals surface area contributed by atoms with Crippen LogP contribution in [0.2, 0.25) is 5.02 Å². The molecule has 2 rings (SSSR count). The summed E-state index contributed by atoms with van der Waals surface area (Å²) in [6, 6.07) is 0.444. The number of ether oxygens (including phenoxy) is 1. The second-order valence-corrected chi connectivity index (χ2v) is 4.64. The first-order chi connectivity index (χ1) is 7.68. The molecule has 16 heavy (non-hydrogen) atoms. The first kappa shape index (κ1) is 11.9. The third-order valence-electron chi connectivity index (χ3n) is 2.98. The molecule has 1 aliphatic heterocycles. The van der Waals surface area contributed by atoms with E-state index >= 15 is 0 Å². The van der Waals surface area contributed by atoms with Gasteiger partial charge in [-0.25, -0.2) is 0 Å². The second kappa shape index (κ2) is 5.17. The summed E-state index contributed by atoms with van der Waals surface area (Å²) in [7, 11) is 1.92. The fourth-order valence-corrected chi connectivity index (χ4v) is 2.24. The molecule has 1 aromatic rings. The molecule has 0 radical (unpaired) electrons. The molecule has 0 saturated carbocycles. The van der Waals surface area contributed by atoms with Gasteiger partial charge in [-0.3, -0.25) is 4.68 Å². The molecular formula is C11H18ClN3O. The molecule has 1 saturated heterocycles. The van der Waals surface area contributed by atoms with Crippen LogP contribution >= 0.6 is 11.6 Å². The topological polar surface area (TPSA) is 39.1 Å². The van der Waals surface area contributed by atoms with Crippen molar-refractivity contribution in [1.82, 2.24) is 15.1 Å². The van der Waals surface area contributed by atoms with Crippen LogP contribution in [0.4, 0.5) is 0 Å². The lowest BCUT2D eigenvalue weighted by molar-refractivity contribution is 0.0697. The molecule has 0 amide bonds. The van der Waals surface area contributed by atoms with Gasteiger partial charge in [0.15, 0.2) is 0 Å². The summed E-state index contributed by atoms with van der Waals surface area (Å²) < 4.78 is 7.26. The average molecular weight is 244 g/mol. The third kappa shape index (κ3) is 2.56. The zero-order valence-corrected chi connectivity index (χ0v) is 10.5. The number of aromatic nitrogens is 2. The maximum atomic E-state index is 6.18. The van der Waals surface area contributed by atoms with Crippen LogP contribution in [0.15, 0.2) is 0 Å². The van der Waals surface area contributed by atoms with E-state index < -0.39 is 0 Å². The quantitative estimate of drug-likeness (QED) is 0.878. The Morgan fingerprint density at radius 1 is 1.62 bits per heavy atom. The summed E-state index contributed by atoms with van der Waals surface area (Å²) in [6.45, 7) is 4.37. The number of hydrogen-bond donors (Lipinski definition) is 1. The molecule has 90 valence electrons. The summed E-state index contributed by atoms with van der Waals surface area (Å²) in [6.07, 6.45) is 2.31. The molecule has 0 spiro atoms. The maximum Gasteiger partial charge on any atom is 0.0860 e. The Balaban J connectivity index is 1.93. The van der Waals surface area contributed by atoms with Gasteiger partial charge in [0.2, 0.25) is 0 Å². The second-order valence-electron chi connectivity index (χ2n) is 4.26. The number of halogens is 1. The van der Waals surface area contributed by atoms with Crippen molar-refractivity contribution in [2.75, 3.05) is 13.2 Å². The number of hydrogen-bond acceptors (Lipinski definition) is 3. The molecular weight excluding hydrogens is 226 g/mol. The third-order valence-corrected chi connectivity index (χ3v) is 3.47. The molecule has 4 nitrogen and oxygen atoms in total. The highest BCUT2D eigenvalue weighted by Crippen LogP contribution is 2.19. The highest BCUT2D eigenvalue weighted by Gasteiger charge is 2.16. The van der Waals surface area contributed by atoms with Crippen molar-refractivity contribution in [2.24, 2.45) is 7.05 Å². The normalized spacial score (nSPS) is 21.3. The molecule has 2 heterocycles. The van der Waals surface area contributed by atoms with Crippen LogP contribution in [0.3, 0.4) is 0 Å². The van der Waals surface area contributed by atoms with Gasteiger partial charge in [0.05, 0.1) is 23.0 Å². The number of nitrogens with zero attached hydrogens (tertiary/aromatic N) is 2. The van der Waals surface area contributed by atoms with Crippen LogP contribution in [0, 0.1) is 6.92 Å². The molecule has 1 aliphatic rings. The molecule has 1 unspecified atom stereocenters. The van der Waals surface area contributed by atoms with Crippen molar-refractivity contribution < 1.29 is 4.74 Å². The van der Waals surface area contributed by atoms with E-state index in [-0.39, 0.29) is 0 Å². The van der Waals surface area contributed by atoms with E-state index in [2.05, 4.69) is 10.4 Å². The average Bonchev–Trinajstić information content (AvgIpc) is 2.53. The van der Waals surface area contributed by atoms with E-state index in [9.17, 15) is 0 Å². The molecule has 1 N–H and O–H groups in total. The lowest BCUT2D eigenvalue weighted by Gasteiger charge is -2.23. The Hall–Kier alpha value is -0.580. The summed E-state index contributed by atoms with van der Waals surface area (Å²) in [4.78, 5) is 0. The first-order valence-electron chi connectivity index (χ1n) is 5.67. The first-order valence-corrected chi connectivity index (χ1v) is 6.05. The van der Waals surface area contributed by atoms with E-state index in [0.29, 0.717) is 6.04 Å². The summed E-state index contributed by atoms with van der Waals surface area (Å²) >= 11 is 6.18. The Bertz CT molecular complexity index is 358. The van der Waals surface area contributed by atoms with Crippen molar-refractivity contribution in [2.45, 2.75) is 32.4 Å². The van der Waals surface area contributed by atoms with E-state index in [1.807, 2.05) is 18.7 Å².